The Hall–Kier alpha value is -1.04. The van der Waals surface area contributed by atoms with Gasteiger partial charge in [-0.05, 0) is 31.4 Å². The molecule has 0 atom stereocenters. The van der Waals surface area contributed by atoms with Gasteiger partial charge in [0.25, 0.3) is 0 Å². The minimum atomic E-state index is 0.717. The molecule has 0 unspecified atom stereocenters. The van der Waals surface area contributed by atoms with E-state index in [0.29, 0.717) is 6.61 Å². The summed E-state index contributed by atoms with van der Waals surface area (Å²) >= 11 is 0. The molecule has 0 aromatic carbocycles. The van der Waals surface area contributed by atoms with E-state index in [9.17, 15) is 0 Å². The first-order valence-corrected chi connectivity index (χ1v) is 7.24. The summed E-state index contributed by atoms with van der Waals surface area (Å²) in [6.45, 7) is 5.34. The van der Waals surface area contributed by atoms with Crippen LogP contribution < -0.4 is 0 Å². The Morgan fingerprint density at radius 1 is 1.06 bits per heavy atom. The fourth-order valence-corrected chi connectivity index (χ4v) is 2.02. The predicted molar refractivity (Wildman–Crippen MR) is 78.7 cm³/mol. The molecule has 0 fully saturated rings. The summed E-state index contributed by atoms with van der Waals surface area (Å²) in [7, 11) is 0. The standard InChI is InChI=1S/C17H26O/c1-2-3-4-5-6-7-8-9-12-15-18-16-17-13-10-11-14-17/h2,10-11,13H,1,3-9,12,15-16H2. The van der Waals surface area contributed by atoms with Gasteiger partial charge in [0, 0.05) is 12.2 Å². The fourth-order valence-electron chi connectivity index (χ4n) is 2.02. The Labute approximate surface area is 112 Å². The third kappa shape index (κ3) is 8.11. The van der Waals surface area contributed by atoms with Crippen molar-refractivity contribution in [3.05, 3.63) is 42.2 Å². The summed E-state index contributed by atoms with van der Waals surface area (Å²) in [6.07, 6.45) is 18.4. The normalized spacial score (nSPS) is 13.0. The molecule has 0 N–H and O–H groups in total. The third-order valence-corrected chi connectivity index (χ3v) is 3.12. The minimum Gasteiger partial charge on any atom is -0.376 e. The van der Waals surface area contributed by atoms with Crippen LogP contribution >= 0.6 is 0 Å². The molecule has 0 aromatic heterocycles. The van der Waals surface area contributed by atoms with Crippen LogP contribution in [0, 0.1) is 0 Å². The summed E-state index contributed by atoms with van der Waals surface area (Å²) in [4.78, 5) is 0. The maximum atomic E-state index is 5.60. The van der Waals surface area contributed by atoms with E-state index in [1.165, 1.54) is 51.4 Å². The van der Waals surface area contributed by atoms with Crippen molar-refractivity contribution in [1.82, 2.24) is 0 Å². The first-order chi connectivity index (χ1) is 8.93. The van der Waals surface area contributed by atoms with Crippen molar-refractivity contribution in [2.45, 2.75) is 51.4 Å². The molecule has 1 aliphatic rings. The highest BCUT2D eigenvalue weighted by atomic mass is 16.5. The maximum Gasteiger partial charge on any atom is 0.0788 e. The molecule has 0 spiro atoms. The van der Waals surface area contributed by atoms with Crippen molar-refractivity contribution in [3.8, 4) is 0 Å². The Balaban J connectivity index is 1.75. The zero-order chi connectivity index (χ0) is 12.9. The summed E-state index contributed by atoms with van der Waals surface area (Å²) in [5.41, 5.74) is 4.30. The SMILES string of the molecule is C=CCCCCCCCCCOCC1=C=CC=C1. The maximum absolute atomic E-state index is 5.60. The Morgan fingerprint density at radius 3 is 2.44 bits per heavy atom. The lowest BCUT2D eigenvalue weighted by molar-refractivity contribution is 0.153. The van der Waals surface area contributed by atoms with Crippen LogP contribution in [-0.2, 0) is 4.74 Å². The van der Waals surface area contributed by atoms with Gasteiger partial charge in [-0.2, -0.15) is 0 Å². The number of rotatable bonds is 12. The molecule has 18 heavy (non-hydrogen) atoms. The quantitative estimate of drug-likeness (QED) is 0.268. The van der Waals surface area contributed by atoms with Crippen molar-refractivity contribution in [3.63, 3.8) is 0 Å². The van der Waals surface area contributed by atoms with Gasteiger partial charge in [-0.1, -0.05) is 44.3 Å². The molecule has 0 radical (unpaired) electrons. The van der Waals surface area contributed by atoms with E-state index in [0.717, 1.165) is 12.2 Å². The highest BCUT2D eigenvalue weighted by Crippen LogP contribution is 2.09. The molecular formula is C17H26O. The Bertz CT molecular complexity index is 306. The second kappa shape index (κ2) is 11.1. The average molecular weight is 246 g/mol. The molecule has 1 nitrogen and oxygen atoms in total. The predicted octanol–water partition coefficient (Wildman–Crippen LogP) is 4.96. The van der Waals surface area contributed by atoms with Gasteiger partial charge in [-0.3, -0.25) is 0 Å². The lowest BCUT2D eigenvalue weighted by atomic mass is 10.1. The third-order valence-electron chi connectivity index (χ3n) is 3.12. The molecule has 0 saturated carbocycles. The zero-order valence-corrected chi connectivity index (χ0v) is 11.5. The van der Waals surface area contributed by atoms with Gasteiger partial charge >= 0.3 is 0 Å². The second-order valence-electron chi connectivity index (χ2n) is 4.80. The minimum absolute atomic E-state index is 0.717. The number of allylic oxidation sites excluding steroid dienone is 2. The van der Waals surface area contributed by atoms with Crippen LogP contribution in [0.2, 0.25) is 0 Å². The zero-order valence-electron chi connectivity index (χ0n) is 11.5. The topological polar surface area (TPSA) is 9.23 Å². The average Bonchev–Trinajstić information content (AvgIpc) is 2.89. The monoisotopic (exact) mass is 246 g/mol. The van der Waals surface area contributed by atoms with E-state index in [2.05, 4.69) is 18.4 Å². The molecule has 0 aliphatic heterocycles. The lowest BCUT2D eigenvalue weighted by Crippen LogP contribution is -1.97. The number of ether oxygens (including phenoxy) is 1. The van der Waals surface area contributed by atoms with Crippen molar-refractivity contribution >= 4 is 0 Å². The van der Waals surface area contributed by atoms with E-state index in [-0.39, 0.29) is 0 Å². The van der Waals surface area contributed by atoms with Crippen LogP contribution in [0.25, 0.3) is 0 Å². The van der Waals surface area contributed by atoms with Crippen LogP contribution in [0.1, 0.15) is 51.4 Å². The first-order valence-electron chi connectivity index (χ1n) is 7.24. The molecule has 0 aromatic rings. The van der Waals surface area contributed by atoms with Gasteiger partial charge in [0.2, 0.25) is 0 Å². The van der Waals surface area contributed by atoms with Crippen molar-refractivity contribution in [1.29, 1.82) is 0 Å². The molecule has 0 saturated heterocycles. The smallest absolute Gasteiger partial charge is 0.0788 e. The molecule has 1 aliphatic carbocycles. The summed E-state index contributed by atoms with van der Waals surface area (Å²) in [5.74, 6) is 0. The van der Waals surface area contributed by atoms with Gasteiger partial charge < -0.3 is 4.74 Å². The van der Waals surface area contributed by atoms with Gasteiger partial charge in [0.05, 0.1) is 6.61 Å². The Kier molecular flexibility index (Phi) is 9.24. The van der Waals surface area contributed by atoms with Crippen LogP contribution in [-0.4, -0.2) is 13.2 Å². The molecule has 1 heteroatoms. The van der Waals surface area contributed by atoms with Gasteiger partial charge in [-0.25, -0.2) is 0 Å². The van der Waals surface area contributed by atoms with Gasteiger partial charge in [0.1, 0.15) is 0 Å². The lowest BCUT2D eigenvalue weighted by Gasteiger charge is -2.03. The fraction of sp³-hybridized carbons (Fsp3) is 0.588. The van der Waals surface area contributed by atoms with Crippen LogP contribution in [0.4, 0.5) is 0 Å². The largest absolute Gasteiger partial charge is 0.376 e. The second-order valence-corrected chi connectivity index (χ2v) is 4.80. The van der Waals surface area contributed by atoms with E-state index in [4.69, 9.17) is 4.74 Å². The van der Waals surface area contributed by atoms with E-state index in [1.54, 1.807) is 0 Å². The Morgan fingerprint density at radius 2 is 1.78 bits per heavy atom. The summed E-state index contributed by atoms with van der Waals surface area (Å²) < 4.78 is 5.60. The van der Waals surface area contributed by atoms with E-state index in [1.807, 2.05) is 18.2 Å². The highest BCUT2D eigenvalue weighted by Gasteiger charge is 1.95. The molecule has 1 rings (SSSR count). The number of hydrogen-bond donors (Lipinski definition) is 0. The summed E-state index contributed by atoms with van der Waals surface area (Å²) in [6, 6.07) is 0. The highest BCUT2D eigenvalue weighted by molar-refractivity contribution is 5.29. The molecule has 0 bridgehead atoms. The van der Waals surface area contributed by atoms with E-state index >= 15 is 0 Å². The molecule has 0 amide bonds. The van der Waals surface area contributed by atoms with Crippen LogP contribution in [0.15, 0.2) is 42.2 Å². The van der Waals surface area contributed by atoms with Crippen molar-refractivity contribution in [2.75, 3.05) is 13.2 Å². The van der Waals surface area contributed by atoms with Crippen LogP contribution in [0.5, 0.6) is 0 Å². The van der Waals surface area contributed by atoms with Gasteiger partial charge in [-0.15, -0.1) is 12.3 Å². The molecular weight excluding hydrogens is 220 g/mol. The number of hydrogen-bond acceptors (Lipinski definition) is 1. The summed E-state index contributed by atoms with van der Waals surface area (Å²) in [5, 5.41) is 0. The van der Waals surface area contributed by atoms with E-state index < -0.39 is 0 Å². The van der Waals surface area contributed by atoms with Crippen molar-refractivity contribution in [2.24, 2.45) is 0 Å². The van der Waals surface area contributed by atoms with Crippen molar-refractivity contribution < 1.29 is 4.74 Å². The van der Waals surface area contributed by atoms with Crippen LogP contribution in [0.3, 0.4) is 0 Å². The van der Waals surface area contributed by atoms with Gasteiger partial charge in [0.15, 0.2) is 0 Å². The number of unbranched alkanes of at least 4 members (excludes halogenated alkanes) is 7. The first kappa shape index (κ1) is 15.0. The molecule has 100 valence electrons. The molecule has 0 heterocycles.